The predicted molar refractivity (Wildman–Crippen MR) is 114 cm³/mol. The monoisotopic (exact) mass is 342 g/mol. The molecule has 0 heteroatoms. The summed E-state index contributed by atoms with van der Waals surface area (Å²) in [7, 11) is 0. The van der Waals surface area contributed by atoms with Crippen LogP contribution in [0.2, 0.25) is 0 Å². The third-order valence-electron chi connectivity index (χ3n) is 5.50. The van der Waals surface area contributed by atoms with Crippen LogP contribution in [0.1, 0.15) is 54.9 Å². The first-order valence-corrected chi connectivity index (χ1v) is 9.91. The second kappa shape index (κ2) is 8.85. The molecule has 0 bridgehead atoms. The molecule has 0 aliphatic heterocycles. The maximum absolute atomic E-state index is 2.42. The van der Waals surface area contributed by atoms with E-state index in [-0.39, 0.29) is 0 Å². The van der Waals surface area contributed by atoms with E-state index in [1.807, 2.05) is 0 Å². The van der Waals surface area contributed by atoms with E-state index < -0.39 is 0 Å². The van der Waals surface area contributed by atoms with Crippen LogP contribution in [0.25, 0.3) is 11.1 Å². The molecule has 1 unspecified atom stereocenters. The third kappa shape index (κ3) is 4.43. The summed E-state index contributed by atoms with van der Waals surface area (Å²) >= 11 is 0. The fraction of sp³-hybridized carbons (Fsp3) is 0.308. The smallest absolute Gasteiger partial charge is 0.0149 e. The zero-order valence-corrected chi connectivity index (χ0v) is 16.3. The van der Waals surface area contributed by atoms with Gasteiger partial charge >= 0.3 is 0 Å². The zero-order valence-electron chi connectivity index (χ0n) is 16.3. The van der Waals surface area contributed by atoms with Crippen LogP contribution in [0, 0.1) is 6.92 Å². The van der Waals surface area contributed by atoms with Gasteiger partial charge in [-0.05, 0) is 71.9 Å². The Balaban J connectivity index is 1.83. The first-order valence-electron chi connectivity index (χ1n) is 9.91. The van der Waals surface area contributed by atoms with Gasteiger partial charge in [-0.25, -0.2) is 0 Å². The van der Waals surface area contributed by atoms with Crippen molar-refractivity contribution in [3.05, 3.63) is 95.1 Å². The molecule has 134 valence electrons. The van der Waals surface area contributed by atoms with Gasteiger partial charge in [0.1, 0.15) is 0 Å². The highest BCUT2D eigenvalue weighted by molar-refractivity contribution is 5.71. The van der Waals surface area contributed by atoms with Gasteiger partial charge in [0.2, 0.25) is 0 Å². The molecule has 0 heterocycles. The summed E-state index contributed by atoms with van der Waals surface area (Å²) < 4.78 is 0. The summed E-state index contributed by atoms with van der Waals surface area (Å²) in [6.45, 7) is 6.82. The Morgan fingerprint density at radius 3 is 2.27 bits per heavy atom. The fourth-order valence-electron chi connectivity index (χ4n) is 3.60. The van der Waals surface area contributed by atoms with Crippen LogP contribution in [-0.2, 0) is 12.8 Å². The molecule has 0 nitrogen and oxygen atoms in total. The number of aryl methyl sites for hydroxylation is 3. The van der Waals surface area contributed by atoms with Crippen molar-refractivity contribution in [2.75, 3.05) is 0 Å². The third-order valence-corrected chi connectivity index (χ3v) is 5.50. The predicted octanol–water partition coefficient (Wildman–Crippen LogP) is 7.35. The summed E-state index contributed by atoms with van der Waals surface area (Å²) in [5, 5.41) is 0. The van der Waals surface area contributed by atoms with E-state index in [1.165, 1.54) is 46.2 Å². The van der Waals surface area contributed by atoms with Crippen LogP contribution in [0.5, 0.6) is 0 Å². The zero-order chi connectivity index (χ0) is 18.4. The van der Waals surface area contributed by atoms with Crippen molar-refractivity contribution in [3.8, 4) is 11.1 Å². The van der Waals surface area contributed by atoms with Crippen molar-refractivity contribution in [2.24, 2.45) is 0 Å². The Labute approximate surface area is 158 Å². The number of hydrogen-bond donors (Lipinski definition) is 0. The summed E-state index contributed by atoms with van der Waals surface area (Å²) in [4.78, 5) is 0. The molecule has 3 rings (SSSR count). The molecule has 3 aromatic carbocycles. The fourth-order valence-corrected chi connectivity index (χ4v) is 3.60. The Bertz CT molecular complexity index is 830. The summed E-state index contributed by atoms with van der Waals surface area (Å²) in [6.07, 6.45) is 4.63. The molecule has 0 saturated heterocycles. The van der Waals surface area contributed by atoms with Crippen LogP contribution in [0.4, 0.5) is 0 Å². The van der Waals surface area contributed by atoms with Gasteiger partial charge in [0.15, 0.2) is 0 Å². The molecular weight excluding hydrogens is 312 g/mol. The van der Waals surface area contributed by atoms with Gasteiger partial charge in [-0.1, -0.05) is 86.6 Å². The van der Waals surface area contributed by atoms with Crippen molar-refractivity contribution in [3.63, 3.8) is 0 Å². The second-order valence-electron chi connectivity index (χ2n) is 7.38. The molecule has 0 N–H and O–H groups in total. The first-order chi connectivity index (χ1) is 12.7. The van der Waals surface area contributed by atoms with Gasteiger partial charge in [-0.3, -0.25) is 0 Å². The molecule has 0 amide bonds. The standard InChI is InChI=1S/C26H30/c1-4-20(2)24-18-17-21(3)26(19-24)25-16-9-8-14-23(25)15-10-13-22-11-6-5-7-12-22/h5-9,11-12,14,16-20H,4,10,13,15H2,1-3H3. The highest BCUT2D eigenvalue weighted by Gasteiger charge is 2.11. The van der Waals surface area contributed by atoms with Crippen LogP contribution >= 0.6 is 0 Å². The lowest BCUT2D eigenvalue weighted by molar-refractivity contribution is 0.733. The van der Waals surface area contributed by atoms with E-state index in [0.29, 0.717) is 5.92 Å². The first kappa shape index (κ1) is 18.5. The lowest BCUT2D eigenvalue weighted by Gasteiger charge is -2.16. The minimum atomic E-state index is 0.611. The molecule has 0 aliphatic rings. The Morgan fingerprint density at radius 1 is 0.769 bits per heavy atom. The van der Waals surface area contributed by atoms with E-state index in [0.717, 1.165) is 12.8 Å². The highest BCUT2D eigenvalue weighted by atomic mass is 14.2. The van der Waals surface area contributed by atoms with Gasteiger partial charge in [0.25, 0.3) is 0 Å². The van der Waals surface area contributed by atoms with Crippen LogP contribution < -0.4 is 0 Å². The lowest BCUT2D eigenvalue weighted by atomic mass is 9.89. The van der Waals surface area contributed by atoms with Gasteiger partial charge in [-0.15, -0.1) is 0 Å². The van der Waals surface area contributed by atoms with E-state index in [4.69, 9.17) is 0 Å². The normalized spacial score (nSPS) is 12.1. The maximum Gasteiger partial charge on any atom is -0.0149 e. The van der Waals surface area contributed by atoms with Crippen molar-refractivity contribution in [1.82, 2.24) is 0 Å². The minimum Gasteiger partial charge on any atom is -0.0648 e. The van der Waals surface area contributed by atoms with Gasteiger partial charge in [0.05, 0.1) is 0 Å². The quantitative estimate of drug-likeness (QED) is 0.421. The molecule has 0 radical (unpaired) electrons. The Hall–Kier alpha value is -2.34. The van der Waals surface area contributed by atoms with Gasteiger partial charge in [-0.2, -0.15) is 0 Å². The molecule has 3 aromatic rings. The molecule has 0 aliphatic carbocycles. The Morgan fingerprint density at radius 2 is 1.50 bits per heavy atom. The largest absolute Gasteiger partial charge is 0.0648 e. The van der Waals surface area contributed by atoms with E-state index >= 15 is 0 Å². The minimum absolute atomic E-state index is 0.611. The molecule has 0 fully saturated rings. The average Bonchev–Trinajstić information content (AvgIpc) is 2.69. The second-order valence-corrected chi connectivity index (χ2v) is 7.38. The molecule has 0 aromatic heterocycles. The van der Waals surface area contributed by atoms with Crippen LogP contribution in [0.3, 0.4) is 0 Å². The van der Waals surface area contributed by atoms with Gasteiger partial charge < -0.3 is 0 Å². The maximum atomic E-state index is 2.42. The van der Waals surface area contributed by atoms with Gasteiger partial charge in [0, 0.05) is 0 Å². The molecule has 26 heavy (non-hydrogen) atoms. The average molecular weight is 343 g/mol. The van der Waals surface area contributed by atoms with Crippen LogP contribution in [-0.4, -0.2) is 0 Å². The molecule has 0 saturated carbocycles. The molecular formula is C26H30. The SMILES string of the molecule is CCC(C)c1ccc(C)c(-c2ccccc2CCCc2ccccc2)c1. The number of benzene rings is 3. The van der Waals surface area contributed by atoms with E-state index in [1.54, 1.807) is 0 Å². The van der Waals surface area contributed by atoms with Crippen molar-refractivity contribution < 1.29 is 0 Å². The van der Waals surface area contributed by atoms with Crippen LogP contribution in [0.15, 0.2) is 72.8 Å². The van der Waals surface area contributed by atoms with Crippen molar-refractivity contribution in [1.29, 1.82) is 0 Å². The number of hydrogen-bond acceptors (Lipinski definition) is 0. The Kier molecular flexibility index (Phi) is 6.28. The highest BCUT2D eigenvalue weighted by Crippen LogP contribution is 2.31. The summed E-state index contributed by atoms with van der Waals surface area (Å²) in [5.74, 6) is 0.611. The van der Waals surface area contributed by atoms with E-state index in [2.05, 4.69) is 93.6 Å². The molecule has 0 spiro atoms. The number of rotatable bonds is 7. The van der Waals surface area contributed by atoms with Crippen molar-refractivity contribution >= 4 is 0 Å². The summed E-state index contributed by atoms with van der Waals surface area (Å²) in [5.41, 5.74) is 8.52. The van der Waals surface area contributed by atoms with E-state index in [9.17, 15) is 0 Å². The van der Waals surface area contributed by atoms with Crippen molar-refractivity contribution in [2.45, 2.75) is 52.4 Å². The lowest BCUT2D eigenvalue weighted by Crippen LogP contribution is -1.97. The topological polar surface area (TPSA) is 0 Å². The summed E-state index contributed by atoms with van der Waals surface area (Å²) in [6, 6.07) is 26.8. The molecule has 1 atom stereocenters.